The average Bonchev–Trinajstić information content (AvgIpc) is 2.83. The first-order valence-electron chi connectivity index (χ1n) is 12.1. The maximum atomic E-state index is 13.5. The van der Waals surface area contributed by atoms with Gasteiger partial charge in [0.1, 0.15) is 5.75 Å². The molecule has 1 heterocycles. The summed E-state index contributed by atoms with van der Waals surface area (Å²) in [6.07, 6.45) is 1.25. The number of hydrogen-bond donors (Lipinski definition) is 1. The van der Waals surface area contributed by atoms with Gasteiger partial charge >= 0.3 is 0 Å². The van der Waals surface area contributed by atoms with Gasteiger partial charge < -0.3 is 19.5 Å². The summed E-state index contributed by atoms with van der Waals surface area (Å²) >= 11 is 3.57. The number of rotatable bonds is 8. The summed E-state index contributed by atoms with van der Waals surface area (Å²) in [4.78, 5) is 26.1. The first-order chi connectivity index (χ1) is 16.8. The van der Waals surface area contributed by atoms with Gasteiger partial charge in [-0.3, -0.25) is 9.59 Å². The molecule has 0 spiro atoms. The van der Waals surface area contributed by atoms with Crippen LogP contribution in [0.2, 0.25) is 0 Å². The highest BCUT2D eigenvalue weighted by Gasteiger charge is 2.38. The molecule has 2 aromatic rings. The van der Waals surface area contributed by atoms with Gasteiger partial charge in [-0.2, -0.15) is 0 Å². The highest BCUT2D eigenvalue weighted by Crippen LogP contribution is 2.46. The summed E-state index contributed by atoms with van der Waals surface area (Å²) in [5.41, 5.74) is 3.37. The number of amides is 1. The van der Waals surface area contributed by atoms with Gasteiger partial charge in [-0.15, -0.1) is 0 Å². The van der Waals surface area contributed by atoms with Crippen molar-refractivity contribution in [2.24, 2.45) is 5.92 Å². The standard InChI is InChI=1S/C28H32BrNO5/c1-5-34-28-22(29)10-19(13-25(28)33-4)21-14-26(32)30-23-11-18(12-24(31)27(21)23)17-6-8-20(9-7-17)35-15-16(2)3/h6-10,13,16,18,21H,5,11-12,14-15H2,1-4H3,(H,30,32). The van der Waals surface area contributed by atoms with Gasteiger partial charge in [0.15, 0.2) is 17.3 Å². The van der Waals surface area contributed by atoms with E-state index < -0.39 is 0 Å². The summed E-state index contributed by atoms with van der Waals surface area (Å²) in [5.74, 6) is 2.16. The molecule has 1 amide bonds. The van der Waals surface area contributed by atoms with E-state index in [1.165, 1.54) is 0 Å². The highest BCUT2D eigenvalue weighted by atomic mass is 79.9. The number of Topliss-reactive ketones (excluding diaryl/α,β-unsaturated/α-hetero) is 1. The Balaban J connectivity index is 1.62. The van der Waals surface area contributed by atoms with Gasteiger partial charge in [-0.25, -0.2) is 0 Å². The minimum Gasteiger partial charge on any atom is -0.493 e. The molecule has 186 valence electrons. The SMILES string of the molecule is CCOc1c(Br)cc(C2CC(=O)NC3=C2C(=O)CC(c2ccc(OCC(C)C)cc2)C3)cc1OC. The van der Waals surface area contributed by atoms with Crippen molar-refractivity contribution in [3.63, 3.8) is 0 Å². The van der Waals surface area contributed by atoms with E-state index in [-0.39, 0.29) is 29.9 Å². The average molecular weight is 542 g/mol. The molecule has 4 rings (SSSR count). The van der Waals surface area contributed by atoms with Gasteiger partial charge in [-0.1, -0.05) is 26.0 Å². The molecule has 1 aliphatic heterocycles. The zero-order valence-electron chi connectivity index (χ0n) is 20.7. The molecular weight excluding hydrogens is 510 g/mol. The molecule has 0 radical (unpaired) electrons. The Bertz CT molecular complexity index is 1140. The molecule has 1 N–H and O–H groups in total. The molecule has 0 bridgehead atoms. The summed E-state index contributed by atoms with van der Waals surface area (Å²) in [6.45, 7) is 7.30. The fourth-order valence-electron chi connectivity index (χ4n) is 4.81. The van der Waals surface area contributed by atoms with Crippen LogP contribution in [0.4, 0.5) is 0 Å². The van der Waals surface area contributed by atoms with Crippen molar-refractivity contribution in [1.29, 1.82) is 0 Å². The third-order valence-corrected chi connectivity index (χ3v) is 7.00. The van der Waals surface area contributed by atoms with Crippen LogP contribution in [-0.4, -0.2) is 32.0 Å². The van der Waals surface area contributed by atoms with E-state index in [9.17, 15) is 9.59 Å². The number of ketones is 1. The minimum absolute atomic E-state index is 0.0149. The van der Waals surface area contributed by atoms with Crippen molar-refractivity contribution in [2.45, 2.75) is 51.9 Å². The fraction of sp³-hybridized carbons (Fsp3) is 0.429. The number of carbonyl (C=O) groups is 2. The Morgan fingerprint density at radius 3 is 2.43 bits per heavy atom. The number of benzene rings is 2. The largest absolute Gasteiger partial charge is 0.493 e. The van der Waals surface area contributed by atoms with Gasteiger partial charge in [0.2, 0.25) is 5.91 Å². The first-order valence-corrected chi connectivity index (χ1v) is 12.9. The van der Waals surface area contributed by atoms with Crippen LogP contribution in [0.15, 0.2) is 52.1 Å². The molecule has 0 saturated heterocycles. The molecule has 2 aliphatic rings. The first kappa shape index (κ1) is 25.3. The third kappa shape index (κ3) is 5.56. The smallest absolute Gasteiger partial charge is 0.225 e. The van der Waals surface area contributed by atoms with Crippen molar-refractivity contribution in [3.05, 3.63) is 63.3 Å². The van der Waals surface area contributed by atoms with Crippen LogP contribution in [0.25, 0.3) is 0 Å². The van der Waals surface area contributed by atoms with Crippen LogP contribution in [0.5, 0.6) is 17.2 Å². The van der Waals surface area contributed by atoms with Crippen LogP contribution in [0.3, 0.4) is 0 Å². The molecule has 6 nitrogen and oxygen atoms in total. The molecule has 35 heavy (non-hydrogen) atoms. The van der Waals surface area contributed by atoms with E-state index in [0.29, 0.717) is 49.0 Å². The van der Waals surface area contributed by atoms with Crippen molar-refractivity contribution in [3.8, 4) is 17.2 Å². The van der Waals surface area contributed by atoms with Crippen LogP contribution >= 0.6 is 15.9 Å². The Kier molecular flexibility index (Phi) is 7.85. The van der Waals surface area contributed by atoms with E-state index >= 15 is 0 Å². The number of methoxy groups -OCH3 is 1. The maximum Gasteiger partial charge on any atom is 0.225 e. The lowest BCUT2D eigenvalue weighted by atomic mass is 9.73. The Labute approximate surface area is 215 Å². The number of nitrogens with one attached hydrogen (secondary N) is 1. The number of allylic oxidation sites excluding steroid dienone is 2. The second-order valence-electron chi connectivity index (χ2n) is 9.47. The molecule has 7 heteroatoms. The molecule has 0 fully saturated rings. The van der Waals surface area contributed by atoms with Crippen LogP contribution in [0, 0.1) is 5.92 Å². The second-order valence-corrected chi connectivity index (χ2v) is 10.3. The van der Waals surface area contributed by atoms with Gasteiger partial charge in [0, 0.05) is 30.0 Å². The van der Waals surface area contributed by atoms with Crippen molar-refractivity contribution in [2.75, 3.05) is 20.3 Å². The monoisotopic (exact) mass is 541 g/mol. The second kappa shape index (κ2) is 10.9. The van der Waals surface area contributed by atoms with E-state index in [0.717, 1.165) is 27.0 Å². The summed E-state index contributed by atoms with van der Waals surface area (Å²) < 4.78 is 17.8. The lowest BCUT2D eigenvalue weighted by Crippen LogP contribution is -2.38. The molecule has 0 saturated carbocycles. The molecule has 2 unspecified atom stereocenters. The van der Waals surface area contributed by atoms with Crippen molar-refractivity contribution < 1.29 is 23.8 Å². The maximum absolute atomic E-state index is 13.5. The molecule has 2 aromatic carbocycles. The normalized spacial score (nSPS) is 19.9. The van der Waals surface area contributed by atoms with Gasteiger partial charge in [0.25, 0.3) is 0 Å². The summed E-state index contributed by atoms with van der Waals surface area (Å²) in [5, 5.41) is 2.99. The van der Waals surface area contributed by atoms with E-state index in [1.807, 2.05) is 43.3 Å². The molecule has 0 aromatic heterocycles. The molecule has 2 atom stereocenters. The zero-order valence-corrected chi connectivity index (χ0v) is 22.2. The Morgan fingerprint density at radius 2 is 1.77 bits per heavy atom. The number of hydrogen-bond acceptors (Lipinski definition) is 5. The van der Waals surface area contributed by atoms with Gasteiger partial charge in [-0.05, 0) is 76.5 Å². The van der Waals surface area contributed by atoms with Gasteiger partial charge in [0.05, 0.1) is 24.8 Å². The van der Waals surface area contributed by atoms with Crippen LogP contribution in [0.1, 0.15) is 63.0 Å². The molecular formula is C28H32BrNO5. The van der Waals surface area contributed by atoms with Crippen molar-refractivity contribution in [1.82, 2.24) is 5.32 Å². The topological polar surface area (TPSA) is 73.9 Å². The highest BCUT2D eigenvalue weighted by molar-refractivity contribution is 9.10. The lowest BCUT2D eigenvalue weighted by molar-refractivity contribution is -0.122. The predicted molar refractivity (Wildman–Crippen MR) is 138 cm³/mol. The Hall–Kier alpha value is -2.80. The van der Waals surface area contributed by atoms with E-state index in [1.54, 1.807) is 7.11 Å². The minimum atomic E-state index is -0.320. The third-order valence-electron chi connectivity index (χ3n) is 6.41. The van der Waals surface area contributed by atoms with E-state index in [4.69, 9.17) is 14.2 Å². The fourth-order valence-corrected chi connectivity index (χ4v) is 5.38. The van der Waals surface area contributed by atoms with Crippen LogP contribution in [-0.2, 0) is 9.59 Å². The van der Waals surface area contributed by atoms with Crippen molar-refractivity contribution >= 4 is 27.6 Å². The number of halogens is 1. The zero-order chi connectivity index (χ0) is 25.1. The Morgan fingerprint density at radius 1 is 1.03 bits per heavy atom. The number of carbonyl (C=O) groups excluding carboxylic acids is 2. The number of ether oxygens (including phenoxy) is 3. The summed E-state index contributed by atoms with van der Waals surface area (Å²) in [7, 11) is 1.59. The summed E-state index contributed by atoms with van der Waals surface area (Å²) in [6, 6.07) is 11.8. The lowest BCUT2D eigenvalue weighted by Gasteiger charge is -2.34. The predicted octanol–water partition coefficient (Wildman–Crippen LogP) is 5.90. The molecule has 1 aliphatic carbocycles. The van der Waals surface area contributed by atoms with Crippen LogP contribution < -0.4 is 19.5 Å². The quantitative estimate of drug-likeness (QED) is 0.450. The van der Waals surface area contributed by atoms with E-state index in [2.05, 4.69) is 35.1 Å².